The number of nitrogens with zero attached hydrogens (tertiary/aromatic N) is 2. The van der Waals surface area contributed by atoms with Gasteiger partial charge in [-0.25, -0.2) is 0 Å². The second-order valence-electron chi connectivity index (χ2n) is 8.12. The van der Waals surface area contributed by atoms with Crippen LogP contribution in [0.2, 0.25) is 0 Å². The number of fused-ring (bicyclic) bond motifs is 3. The first-order valence-electron chi connectivity index (χ1n) is 10.8. The largest absolute Gasteiger partial charge is 0.488 e. The lowest BCUT2D eigenvalue weighted by molar-refractivity contribution is -0.384. The zero-order valence-corrected chi connectivity index (χ0v) is 19.1. The SMILES string of the molecule is CCn1c2ccc(C(=O)c3ccc(OC(C)COC)cc3C)cc2c2cc([N+](=O)[O-])ccc21. The van der Waals surface area contributed by atoms with Gasteiger partial charge in [-0.3, -0.25) is 14.9 Å². The topological polar surface area (TPSA) is 83.6 Å². The van der Waals surface area contributed by atoms with Gasteiger partial charge in [-0.1, -0.05) is 0 Å². The molecule has 0 radical (unpaired) electrons. The highest BCUT2D eigenvalue weighted by molar-refractivity contribution is 6.15. The Morgan fingerprint density at radius 2 is 1.76 bits per heavy atom. The molecular formula is C26H26N2O5. The van der Waals surface area contributed by atoms with Crippen molar-refractivity contribution in [1.29, 1.82) is 0 Å². The van der Waals surface area contributed by atoms with E-state index in [0.717, 1.165) is 27.4 Å². The van der Waals surface area contributed by atoms with Gasteiger partial charge in [-0.05, 0) is 68.8 Å². The van der Waals surface area contributed by atoms with Gasteiger partial charge in [0, 0.05) is 58.7 Å². The van der Waals surface area contributed by atoms with Crippen molar-refractivity contribution in [2.45, 2.75) is 33.4 Å². The summed E-state index contributed by atoms with van der Waals surface area (Å²) in [6, 6.07) is 15.8. The highest BCUT2D eigenvalue weighted by Crippen LogP contribution is 2.33. The number of ketones is 1. The third-order valence-electron chi connectivity index (χ3n) is 5.82. The van der Waals surface area contributed by atoms with E-state index in [9.17, 15) is 14.9 Å². The molecule has 1 unspecified atom stereocenters. The Bertz CT molecular complexity index is 1370. The first kappa shape index (κ1) is 22.5. The summed E-state index contributed by atoms with van der Waals surface area (Å²) in [6.45, 7) is 7.02. The molecule has 0 aliphatic rings. The number of carbonyl (C=O) groups is 1. The Labute approximate surface area is 191 Å². The molecule has 7 heteroatoms. The number of rotatable bonds is 8. The molecule has 0 saturated heterocycles. The molecule has 0 saturated carbocycles. The number of hydrogen-bond donors (Lipinski definition) is 0. The van der Waals surface area contributed by atoms with Gasteiger partial charge in [-0.15, -0.1) is 0 Å². The van der Waals surface area contributed by atoms with Crippen molar-refractivity contribution in [2.75, 3.05) is 13.7 Å². The van der Waals surface area contributed by atoms with Crippen molar-refractivity contribution in [3.63, 3.8) is 0 Å². The summed E-state index contributed by atoms with van der Waals surface area (Å²) in [7, 11) is 1.62. The first-order chi connectivity index (χ1) is 15.8. The fourth-order valence-corrected chi connectivity index (χ4v) is 4.31. The maximum Gasteiger partial charge on any atom is 0.270 e. The van der Waals surface area contributed by atoms with Crippen LogP contribution in [0.4, 0.5) is 5.69 Å². The number of non-ortho nitro benzene ring substituents is 1. The van der Waals surface area contributed by atoms with E-state index in [0.29, 0.717) is 30.0 Å². The van der Waals surface area contributed by atoms with E-state index in [1.807, 2.05) is 45.0 Å². The number of aromatic nitrogens is 1. The number of ether oxygens (including phenoxy) is 2. The van der Waals surface area contributed by atoms with Gasteiger partial charge in [0.15, 0.2) is 5.78 Å². The minimum atomic E-state index is -0.399. The molecule has 3 aromatic carbocycles. The summed E-state index contributed by atoms with van der Waals surface area (Å²) in [5.41, 5.74) is 3.82. The fraction of sp³-hybridized carbons (Fsp3) is 0.269. The van der Waals surface area contributed by atoms with Crippen molar-refractivity contribution >= 4 is 33.3 Å². The van der Waals surface area contributed by atoms with Gasteiger partial charge < -0.3 is 14.0 Å². The lowest BCUT2D eigenvalue weighted by Crippen LogP contribution is -2.18. The molecule has 0 aliphatic carbocycles. The molecule has 0 aliphatic heterocycles. The predicted octanol–water partition coefficient (Wildman–Crippen LogP) is 5.68. The first-order valence-corrected chi connectivity index (χ1v) is 10.8. The van der Waals surface area contributed by atoms with Crippen molar-refractivity contribution in [3.8, 4) is 5.75 Å². The molecule has 4 aromatic rings. The standard InChI is InChI=1S/C26H26N2O5/c1-5-27-24-10-6-18(13-22(24)23-14-19(28(30)31)7-11-25(23)27)26(29)21-9-8-20(12-16(21)2)33-17(3)15-32-4/h6-14,17H,5,15H2,1-4H3. The smallest absolute Gasteiger partial charge is 0.270 e. The minimum Gasteiger partial charge on any atom is -0.488 e. The number of nitro benzene ring substituents is 1. The lowest BCUT2D eigenvalue weighted by Gasteiger charge is -2.15. The summed E-state index contributed by atoms with van der Waals surface area (Å²) in [5.74, 6) is 0.580. The highest BCUT2D eigenvalue weighted by Gasteiger charge is 2.18. The van der Waals surface area contributed by atoms with E-state index in [4.69, 9.17) is 9.47 Å². The van der Waals surface area contributed by atoms with E-state index in [1.54, 1.807) is 31.4 Å². The van der Waals surface area contributed by atoms with Crippen LogP contribution in [0.1, 0.15) is 35.3 Å². The van der Waals surface area contributed by atoms with E-state index in [-0.39, 0.29) is 17.6 Å². The van der Waals surface area contributed by atoms with Crippen LogP contribution < -0.4 is 4.74 Å². The summed E-state index contributed by atoms with van der Waals surface area (Å²) in [5, 5.41) is 12.9. The van der Waals surface area contributed by atoms with E-state index in [2.05, 4.69) is 4.57 Å². The van der Waals surface area contributed by atoms with Crippen LogP contribution >= 0.6 is 0 Å². The summed E-state index contributed by atoms with van der Waals surface area (Å²) < 4.78 is 13.0. The van der Waals surface area contributed by atoms with Gasteiger partial charge >= 0.3 is 0 Å². The van der Waals surface area contributed by atoms with Crippen molar-refractivity contribution in [3.05, 3.63) is 81.4 Å². The van der Waals surface area contributed by atoms with Crippen LogP contribution in [0.3, 0.4) is 0 Å². The van der Waals surface area contributed by atoms with E-state index >= 15 is 0 Å². The van der Waals surface area contributed by atoms with Crippen LogP contribution in [0.5, 0.6) is 5.75 Å². The van der Waals surface area contributed by atoms with E-state index in [1.165, 1.54) is 6.07 Å². The van der Waals surface area contributed by atoms with Crippen LogP contribution in [0, 0.1) is 17.0 Å². The Morgan fingerprint density at radius 3 is 2.39 bits per heavy atom. The normalized spacial score (nSPS) is 12.2. The zero-order chi connectivity index (χ0) is 23.7. The molecule has 0 bridgehead atoms. The van der Waals surface area contributed by atoms with Crippen molar-refractivity contribution < 1.29 is 19.2 Å². The zero-order valence-electron chi connectivity index (χ0n) is 19.1. The van der Waals surface area contributed by atoms with Gasteiger partial charge in [-0.2, -0.15) is 0 Å². The molecule has 1 heterocycles. The molecule has 7 nitrogen and oxygen atoms in total. The average molecular weight is 447 g/mol. The number of aryl methyl sites for hydroxylation is 2. The third-order valence-corrected chi connectivity index (χ3v) is 5.82. The van der Waals surface area contributed by atoms with Crippen LogP contribution in [0.15, 0.2) is 54.6 Å². The predicted molar refractivity (Wildman–Crippen MR) is 128 cm³/mol. The summed E-state index contributed by atoms with van der Waals surface area (Å²) in [6.07, 6.45) is -0.0988. The maximum absolute atomic E-state index is 13.4. The number of benzene rings is 3. The van der Waals surface area contributed by atoms with Crippen LogP contribution in [-0.4, -0.2) is 35.1 Å². The third kappa shape index (κ3) is 4.19. The van der Waals surface area contributed by atoms with Gasteiger partial charge in [0.05, 0.1) is 11.5 Å². The molecule has 33 heavy (non-hydrogen) atoms. The number of hydrogen-bond acceptors (Lipinski definition) is 5. The number of methoxy groups -OCH3 is 1. The summed E-state index contributed by atoms with van der Waals surface area (Å²) in [4.78, 5) is 24.3. The van der Waals surface area contributed by atoms with E-state index < -0.39 is 4.92 Å². The molecule has 0 amide bonds. The number of carbonyl (C=O) groups excluding carboxylic acids is 1. The molecule has 0 spiro atoms. The second-order valence-corrected chi connectivity index (χ2v) is 8.12. The molecule has 1 atom stereocenters. The van der Waals surface area contributed by atoms with Crippen LogP contribution in [-0.2, 0) is 11.3 Å². The quantitative estimate of drug-likeness (QED) is 0.198. The summed E-state index contributed by atoms with van der Waals surface area (Å²) >= 11 is 0. The Balaban J connectivity index is 1.75. The highest BCUT2D eigenvalue weighted by atomic mass is 16.6. The Hall–Kier alpha value is -3.71. The monoisotopic (exact) mass is 446 g/mol. The van der Waals surface area contributed by atoms with Gasteiger partial charge in [0.1, 0.15) is 11.9 Å². The maximum atomic E-state index is 13.4. The minimum absolute atomic E-state index is 0.0310. The molecular weight excluding hydrogens is 420 g/mol. The molecule has 0 N–H and O–H groups in total. The van der Waals surface area contributed by atoms with Crippen molar-refractivity contribution in [1.82, 2.24) is 4.57 Å². The Kier molecular flexibility index (Phi) is 6.16. The van der Waals surface area contributed by atoms with Gasteiger partial charge in [0.25, 0.3) is 5.69 Å². The molecule has 0 fully saturated rings. The molecule has 1 aromatic heterocycles. The fourth-order valence-electron chi connectivity index (χ4n) is 4.31. The average Bonchev–Trinajstić information content (AvgIpc) is 3.11. The number of nitro groups is 1. The van der Waals surface area contributed by atoms with Crippen molar-refractivity contribution in [2.24, 2.45) is 0 Å². The molecule has 170 valence electrons. The lowest BCUT2D eigenvalue weighted by atomic mass is 9.97. The Morgan fingerprint density at radius 1 is 1.06 bits per heavy atom. The van der Waals surface area contributed by atoms with Crippen LogP contribution in [0.25, 0.3) is 21.8 Å². The van der Waals surface area contributed by atoms with Gasteiger partial charge in [0.2, 0.25) is 0 Å². The second kappa shape index (κ2) is 9.03. The molecule has 4 rings (SSSR count).